The quantitative estimate of drug-likeness (QED) is 0.721. The Morgan fingerprint density at radius 2 is 2.12 bits per heavy atom. The highest BCUT2D eigenvalue weighted by molar-refractivity contribution is 5.75. The number of carbonyl (C=O) groups is 1. The van der Waals surface area contributed by atoms with Crippen LogP contribution in [0, 0.1) is 0 Å². The van der Waals surface area contributed by atoms with Crippen LogP contribution in [0.25, 0.3) is 0 Å². The highest BCUT2D eigenvalue weighted by Gasteiger charge is 2.25. The molecule has 0 amide bonds. The number of aromatic nitrogens is 2. The first kappa shape index (κ1) is 11.8. The zero-order chi connectivity index (χ0) is 12.4. The Kier molecular flexibility index (Phi) is 3.23. The van der Waals surface area contributed by atoms with Crippen LogP contribution < -0.4 is 5.73 Å². The van der Waals surface area contributed by atoms with E-state index in [1.54, 1.807) is 0 Å². The zero-order valence-electron chi connectivity index (χ0n) is 9.33. The molecule has 2 rings (SSSR count). The molecule has 17 heavy (non-hydrogen) atoms. The average Bonchev–Trinajstić information content (AvgIpc) is 2.82. The van der Waals surface area contributed by atoms with E-state index < -0.39 is 12.0 Å². The molecule has 1 aromatic rings. The third-order valence-electron chi connectivity index (χ3n) is 3.10. The molecule has 92 valence electrons. The topological polar surface area (TPSA) is 109 Å². The molecule has 4 N–H and O–H groups in total. The van der Waals surface area contributed by atoms with E-state index in [4.69, 9.17) is 10.8 Å². The minimum atomic E-state index is -1.31. The van der Waals surface area contributed by atoms with Gasteiger partial charge in [-0.15, -0.1) is 0 Å². The van der Waals surface area contributed by atoms with Gasteiger partial charge in [-0.2, -0.15) is 0 Å². The summed E-state index contributed by atoms with van der Waals surface area (Å²) in [5, 5.41) is 18.3. The lowest BCUT2D eigenvalue weighted by molar-refractivity contribution is -0.138. The lowest BCUT2D eigenvalue weighted by Crippen LogP contribution is -2.23. The van der Waals surface area contributed by atoms with Crippen molar-refractivity contribution in [2.24, 2.45) is 5.73 Å². The van der Waals surface area contributed by atoms with Gasteiger partial charge in [0.15, 0.2) is 5.75 Å². The van der Waals surface area contributed by atoms with Gasteiger partial charge in [0.25, 0.3) is 0 Å². The van der Waals surface area contributed by atoms with Gasteiger partial charge >= 0.3 is 5.97 Å². The summed E-state index contributed by atoms with van der Waals surface area (Å²) in [5.41, 5.74) is 5.45. The maximum Gasteiger partial charge on any atom is 0.326 e. The predicted molar refractivity (Wildman–Crippen MR) is 59.5 cm³/mol. The molecule has 1 heterocycles. The Morgan fingerprint density at radius 3 is 2.71 bits per heavy atom. The number of hydrogen-bond donors (Lipinski definition) is 3. The van der Waals surface area contributed by atoms with Gasteiger partial charge < -0.3 is 15.9 Å². The molecule has 0 radical (unpaired) electrons. The van der Waals surface area contributed by atoms with E-state index >= 15 is 0 Å². The molecule has 1 saturated carbocycles. The van der Waals surface area contributed by atoms with Crippen LogP contribution >= 0.6 is 0 Å². The maximum atomic E-state index is 10.8. The molecule has 6 nitrogen and oxygen atoms in total. The van der Waals surface area contributed by atoms with Crippen molar-refractivity contribution in [3.05, 3.63) is 17.7 Å². The maximum absolute atomic E-state index is 10.8. The zero-order valence-corrected chi connectivity index (χ0v) is 9.33. The molecule has 1 unspecified atom stereocenters. The first-order valence-corrected chi connectivity index (χ1v) is 5.63. The fourth-order valence-corrected chi connectivity index (χ4v) is 2.13. The molecule has 6 heteroatoms. The first-order chi connectivity index (χ1) is 8.09. The van der Waals surface area contributed by atoms with Crippen molar-refractivity contribution >= 4 is 5.97 Å². The normalized spacial score (nSPS) is 18.2. The van der Waals surface area contributed by atoms with Crippen molar-refractivity contribution < 1.29 is 15.0 Å². The fraction of sp³-hybridized carbons (Fsp3) is 0.545. The highest BCUT2D eigenvalue weighted by Crippen LogP contribution is 2.33. The second-order valence-electron chi connectivity index (χ2n) is 4.30. The van der Waals surface area contributed by atoms with Crippen LogP contribution in [0.5, 0.6) is 5.75 Å². The number of aromatic hydroxyl groups is 1. The number of nitrogens with zero attached hydrogens (tertiary/aromatic N) is 2. The van der Waals surface area contributed by atoms with E-state index in [2.05, 4.69) is 9.97 Å². The number of aliphatic carboxylic acids is 1. The van der Waals surface area contributed by atoms with Crippen molar-refractivity contribution in [3.63, 3.8) is 0 Å². The molecule has 1 aromatic heterocycles. The molecule has 1 aliphatic carbocycles. The Labute approximate surface area is 98.5 Å². The van der Waals surface area contributed by atoms with E-state index in [1.165, 1.54) is 6.20 Å². The van der Waals surface area contributed by atoms with Crippen LogP contribution in [0.3, 0.4) is 0 Å². The first-order valence-electron chi connectivity index (χ1n) is 5.63. The van der Waals surface area contributed by atoms with Crippen molar-refractivity contribution in [1.82, 2.24) is 9.97 Å². The summed E-state index contributed by atoms with van der Waals surface area (Å²) < 4.78 is 0. The molecule has 0 bridgehead atoms. The summed E-state index contributed by atoms with van der Waals surface area (Å²) in [6, 6.07) is -1.31. The third-order valence-corrected chi connectivity index (χ3v) is 3.10. The molecular formula is C11H15N3O3. The van der Waals surface area contributed by atoms with Gasteiger partial charge in [0.2, 0.25) is 0 Å². The Morgan fingerprint density at radius 1 is 1.47 bits per heavy atom. The van der Waals surface area contributed by atoms with Crippen LogP contribution in [0.4, 0.5) is 0 Å². The van der Waals surface area contributed by atoms with Crippen molar-refractivity contribution in [1.29, 1.82) is 0 Å². The summed E-state index contributed by atoms with van der Waals surface area (Å²) in [6.07, 6.45) is 5.52. The molecule has 1 fully saturated rings. The molecule has 0 aromatic carbocycles. The van der Waals surface area contributed by atoms with E-state index in [-0.39, 0.29) is 17.4 Å². The van der Waals surface area contributed by atoms with Crippen LogP contribution in [0.15, 0.2) is 6.20 Å². The minimum Gasteiger partial charge on any atom is -0.504 e. The number of carboxylic acids is 1. The van der Waals surface area contributed by atoms with Crippen LogP contribution in [-0.4, -0.2) is 26.2 Å². The Hall–Kier alpha value is -1.69. The van der Waals surface area contributed by atoms with Crippen molar-refractivity contribution in [3.8, 4) is 5.75 Å². The molecular weight excluding hydrogens is 222 g/mol. The Bertz CT molecular complexity index is 430. The Balaban J connectivity index is 2.31. The standard InChI is InChI=1S/C11H15N3O3/c12-8(11(16)17)9-7(15)5-13-10(14-9)6-3-1-2-4-6/h5-6,8,15H,1-4,12H2,(H,16,17). The largest absolute Gasteiger partial charge is 0.504 e. The SMILES string of the molecule is NC(C(=O)O)c1nc(C2CCCC2)ncc1O. The van der Waals surface area contributed by atoms with Gasteiger partial charge in [-0.1, -0.05) is 12.8 Å². The summed E-state index contributed by atoms with van der Waals surface area (Å²) in [4.78, 5) is 18.9. The molecule has 1 aliphatic rings. The average molecular weight is 237 g/mol. The third kappa shape index (κ3) is 2.36. The summed E-state index contributed by atoms with van der Waals surface area (Å²) in [6.45, 7) is 0. The molecule has 0 spiro atoms. The minimum absolute atomic E-state index is 0.00519. The molecule has 0 saturated heterocycles. The van der Waals surface area contributed by atoms with E-state index in [0.29, 0.717) is 5.82 Å². The smallest absolute Gasteiger partial charge is 0.326 e. The summed E-state index contributed by atoms with van der Waals surface area (Å²) in [5.74, 6) is -0.625. The molecule has 0 aliphatic heterocycles. The van der Waals surface area contributed by atoms with Crippen LogP contribution in [0.1, 0.15) is 49.2 Å². The number of hydrogen-bond acceptors (Lipinski definition) is 5. The summed E-state index contributed by atoms with van der Waals surface area (Å²) >= 11 is 0. The number of carboxylic acid groups (broad SMARTS) is 1. The van der Waals surface area contributed by atoms with Gasteiger partial charge in [-0.05, 0) is 12.8 Å². The van der Waals surface area contributed by atoms with Gasteiger partial charge in [0, 0.05) is 5.92 Å². The number of nitrogens with two attached hydrogens (primary N) is 1. The van der Waals surface area contributed by atoms with Crippen molar-refractivity contribution in [2.75, 3.05) is 0 Å². The monoisotopic (exact) mass is 237 g/mol. The highest BCUT2D eigenvalue weighted by atomic mass is 16.4. The van der Waals surface area contributed by atoms with E-state index in [9.17, 15) is 9.90 Å². The van der Waals surface area contributed by atoms with E-state index in [0.717, 1.165) is 25.7 Å². The van der Waals surface area contributed by atoms with Gasteiger partial charge in [0.05, 0.1) is 6.20 Å². The van der Waals surface area contributed by atoms with Gasteiger partial charge in [-0.25, -0.2) is 9.97 Å². The lowest BCUT2D eigenvalue weighted by atomic mass is 10.1. The second-order valence-corrected chi connectivity index (χ2v) is 4.30. The van der Waals surface area contributed by atoms with Crippen LogP contribution in [0.2, 0.25) is 0 Å². The van der Waals surface area contributed by atoms with E-state index in [1.807, 2.05) is 0 Å². The van der Waals surface area contributed by atoms with Crippen molar-refractivity contribution in [2.45, 2.75) is 37.6 Å². The van der Waals surface area contributed by atoms with Crippen LogP contribution in [-0.2, 0) is 4.79 Å². The second kappa shape index (κ2) is 4.67. The molecule has 1 atom stereocenters. The lowest BCUT2D eigenvalue weighted by Gasteiger charge is -2.12. The van der Waals surface area contributed by atoms with Gasteiger partial charge in [0.1, 0.15) is 17.6 Å². The summed E-state index contributed by atoms with van der Waals surface area (Å²) in [7, 11) is 0. The number of rotatable bonds is 3. The van der Waals surface area contributed by atoms with Gasteiger partial charge in [-0.3, -0.25) is 4.79 Å². The predicted octanol–water partition coefficient (Wildman–Crippen LogP) is 0.924. The fourth-order valence-electron chi connectivity index (χ4n) is 2.13.